The summed E-state index contributed by atoms with van der Waals surface area (Å²) in [6, 6.07) is 17.0. The molecule has 3 rings (SSSR count). The summed E-state index contributed by atoms with van der Waals surface area (Å²) in [7, 11) is 0. The number of pyridine rings is 1. The van der Waals surface area contributed by atoms with Gasteiger partial charge in [0.15, 0.2) is 0 Å². The van der Waals surface area contributed by atoms with Gasteiger partial charge in [-0.15, -0.1) is 0 Å². The van der Waals surface area contributed by atoms with E-state index in [1.165, 1.54) is 22.1 Å². The molecule has 0 unspecified atom stereocenters. The lowest BCUT2D eigenvalue weighted by atomic mass is 10.1. The second-order valence-electron chi connectivity index (χ2n) is 5.17. The van der Waals surface area contributed by atoms with E-state index in [1.54, 1.807) is 0 Å². The van der Waals surface area contributed by atoms with Crippen LogP contribution in [0.3, 0.4) is 0 Å². The molecule has 0 spiro atoms. The maximum Gasteiger partial charge on any atom is 0.0751 e. The second kappa shape index (κ2) is 5.33. The lowest BCUT2D eigenvalue weighted by Crippen LogP contribution is -2.00. The number of anilines is 1. The van der Waals surface area contributed by atoms with Crippen molar-refractivity contribution < 1.29 is 0 Å². The molecule has 0 radical (unpaired) electrons. The van der Waals surface area contributed by atoms with Crippen LogP contribution in [0.2, 0.25) is 0 Å². The summed E-state index contributed by atoms with van der Waals surface area (Å²) >= 11 is 0. The van der Waals surface area contributed by atoms with Crippen LogP contribution in [0.15, 0.2) is 54.7 Å². The SMILES string of the molecule is Cc1ccc(CNc2ccc(C)c3ncccc23)cc1. The molecule has 0 saturated carbocycles. The lowest BCUT2D eigenvalue weighted by Gasteiger charge is -2.11. The second-order valence-corrected chi connectivity index (χ2v) is 5.17. The summed E-state index contributed by atoms with van der Waals surface area (Å²) in [6.07, 6.45) is 1.85. The van der Waals surface area contributed by atoms with E-state index in [1.807, 2.05) is 12.3 Å². The highest BCUT2D eigenvalue weighted by Crippen LogP contribution is 2.24. The summed E-state index contributed by atoms with van der Waals surface area (Å²) < 4.78 is 0. The van der Waals surface area contributed by atoms with Crippen molar-refractivity contribution in [3.8, 4) is 0 Å². The molecule has 2 heteroatoms. The summed E-state index contributed by atoms with van der Waals surface area (Å²) in [5.41, 5.74) is 5.99. The number of nitrogens with one attached hydrogen (secondary N) is 1. The van der Waals surface area contributed by atoms with Crippen LogP contribution in [0.4, 0.5) is 5.69 Å². The topological polar surface area (TPSA) is 24.9 Å². The number of nitrogens with zero attached hydrogens (tertiary/aromatic N) is 1. The van der Waals surface area contributed by atoms with Crippen LogP contribution in [0, 0.1) is 13.8 Å². The van der Waals surface area contributed by atoms with Gasteiger partial charge in [-0.3, -0.25) is 4.98 Å². The van der Waals surface area contributed by atoms with E-state index >= 15 is 0 Å². The minimum atomic E-state index is 0.827. The minimum Gasteiger partial charge on any atom is -0.380 e. The van der Waals surface area contributed by atoms with Crippen molar-refractivity contribution in [1.29, 1.82) is 0 Å². The summed E-state index contributed by atoms with van der Waals surface area (Å²) in [5, 5.41) is 4.69. The standard InChI is InChI=1S/C18H18N2/c1-13-5-8-15(9-6-13)12-20-17-10-7-14(2)18-16(17)4-3-11-19-18/h3-11,20H,12H2,1-2H3. The van der Waals surface area contributed by atoms with E-state index in [4.69, 9.17) is 0 Å². The van der Waals surface area contributed by atoms with Gasteiger partial charge in [-0.05, 0) is 43.2 Å². The van der Waals surface area contributed by atoms with Crippen LogP contribution in [-0.2, 0) is 6.54 Å². The van der Waals surface area contributed by atoms with Crippen LogP contribution in [0.25, 0.3) is 10.9 Å². The van der Waals surface area contributed by atoms with Crippen LogP contribution in [-0.4, -0.2) is 4.98 Å². The molecule has 100 valence electrons. The number of rotatable bonds is 3. The molecule has 0 aliphatic rings. The Morgan fingerprint density at radius 2 is 1.75 bits per heavy atom. The average Bonchev–Trinajstić information content (AvgIpc) is 2.49. The largest absolute Gasteiger partial charge is 0.380 e. The Balaban J connectivity index is 1.88. The highest BCUT2D eigenvalue weighted by molar-refractivity contribution is 5.93. The first-order valence-electron chi connectivity index (χ1n) is 6.88. The number of hydrogen-bond acceptors (Lipinski definition) is 2. The molecule has 1 aromatic heterocycles. The van der Waals surface area contributed by atoms with Gasteiger partial charge < -0.3 is 5.32 Å². The zero-order valence-corrected chi connectivity index (χ0v) is 11.9. The number of aryl methyl sites for hydroxylation is 2. The van der Waals surface area contributed by atoms with Gasteiger partial charge in [0.1, 0.15) is 0 Å². The van der Waals surface area contributed by atoms with Crippen LogP contribution in [0.1, 0.15) is 16.7 Å². The predicted molar refractivity (Wildman–Crippen MR) is 85.0 cm³/mol. The fraction of sp³-hybridized carbons (Fsp3) is 0.167. The van der Waals surface area contributed by atoms with E-state index in [2.05, 4.69) is 66.6 Å². The Morgan fingerprint density at radius 1 is 0.950 bits per heavy atom. The normalized spacial score (nSPS) is 10.7. The Labute approximate surface area is 119 Å². The lowest BCUT2D eigenvalue weighted by molar-refractivity contribution is 1.15. The van der Waals surface area contributed by atoms with Gasteiger partial charge in [0.05, 0.1) is 5.52 Å². The number of fused-ring (bicyclic) bond motifs is 1. The van der Waals surface area contributed by atoms with Crippen molar-refractivity contribution in [2.24, 2.45) is 0 Å². The smallest absolute Gasteiger partial charge is 0.0751 e. The number of hydrogen-bond donors (Lipinski definition) is 1. The Bertz CT molecular complexity index is 730. The molecular formula is C18H18N2. The fourth-order valence-electron chi connectivity index (χ4n) is 2.37. The molecule has 1 N–H and O–H groups in total. The zero-order chi connectivity index (χ0) is 13.9. The average molecular weight is 262 g/mol. The Hall–Kier alpha value is -2.35. The first-order chi connectivity index (χ1) is 9.74. The molecule has 0 saturated heterocycles. The summed E-state index contributed by atoms with van der Waals surface area (Å²) in [5.74, 6) is 0. The molecule has 20 heavy (non-hydrogen) atoms. The zero-order valence-electron chi connectivity index (χ0n) is 11.9. The molecule has 0 fully saturated rings. The van der Waals surface area contributed by atoms with Gasteiger partial charge in [-0.25, -0.2) is 0 Å². The first-order valence-corrected chi connectivity index (χ1v) is 6.88. The van der Waals surface area contributed by atoms with E-state index < -0.39 is 0 Å². The van der Waals surface area contributed by atoms with Crippen molar-refractivity contribution in [2.45, 2.75) is 20.4 Å². The van der Waals surface area contributed by atoms with Crippen molar-refractivity contribution in [2.75, 3.05) is 5.32 Å². The molecule has 0 aliphatic heterocycles. The van der Waals surface area contributed by atoms with Gasteiger partial charge in [-0.1, -0.05) is 35.9 Å². The van der Waals surface area contributed by atoms with Crippen LogP contribution < -0.4 is 5.32 Å². The van der Waals surface area contributed by atoms with Crippen LogP contribution >= 0.6 is 0 Å². The number of benzene rings is 2. The third-order valence-electron chi connectivity index (χ3n) is 3.57. The Kier molecular flexibility index (Phi) is 3.38. The van der Waals surface area contributed by atoms with Gasteiger partial charge >= 0.3 is 0 Å². The molecule has 0 amide bonds. The van der Waals surface area contributed by atoms with E-state index in [9.17, 15) is 0 Å². The number of aromatic nitrogens is 1. The van der Waals surface area contributed by atoms with Crippen molar-refractivity contribution in [3.05, 3.63) is 71.4 Å². The van der Waals surface area contributed by atoms with E-state index in [0.29, 0.717) is 0 Å². The van der Waals surface area contributed by atoms with Crippen molar-refractivity contribution >= 4 is 16.6 Å². The van der Waals surface area contributed by atoms with Gasteiger partial charge in [0.2, 0.25) is 0 Å². The molecule has 0 atom stereocenters. The van der Waals surface area contributed by atoms with Crippen LogP contribution in [0.5, 0.6) is 0 Å². The van der Waals surface area contributed by atoms with Gasteiger partial charge in [0.25, 0.3) is 0 Å². The maximum atomic E-state index is 4.47. The maximum absolute atomic E-state index is 4.47. The monoisotopic (exact) mass is 262 g/mol. The first kappa shape index (κ1) is 12.7. The molecule has 2 nitrogen and oxygen atoms in total. The van der Waals surface area contributed by atoms with Gasteiger partial charge in [-0.2, -0.15) is 0 Å². The highest BCUT2D eigenvalue weighted by Gasteiger charge is 2.03. The predicted octanol–water partition coefficient (Wildman–Crippen LogP) is 4.46. The molecule has 0 bridgehead atoms. The molecular weight excluding hydrogens is 244 g/mol. The Morgan fingerprint density at radius 3 is 2.55 bits per heavy atom. The van der Waals surface area contributed by atoms with Crippen molar-refractivity contribution in [3.63, 3.8) is 0 Å². The highest BCUT2D eigenvalue weighted by atomic mass is 14.9. The minimum absolute atomic E-state index is 0.827. The fourth-order valence-corrected chi connectivity index (χ4v) is 2.37. The summed E-state index contributed by atoms with van der Waals surface area (Å²) in [6.45, 7) is 5.03. The third-order valence-corrected chi connectivity index (χ3v) is 3.57. The third kappa shape index (κ3) is 2.50. The van der Waals surface area contributed by atoms with E-state index in [-0.39, 0.29) is 0 Å². The van der Waals surface area contributed by atoms with E-state index in [0.717, 1.165) is 17.7 Å². The molecule has 1 heterocycles. The summed E-state index contributed by atoms with van der Waals surface area (Å²) in [4.78, 5) is 4.47. The van der Waals surface area contributed by atoms with Gasteiger partial charge in [0, 0.05) is 23.8 Å². The van der Waals surface area contributed by atoms with Crippen molar-refractivity contribution in [1.82, 2.24) is 4.98 Å². The quantitative estimate of drug-likeness (QED) is 0.753. The molecule has 3 aromatic rings. The molecule has 2 aromatic carbocycles. The molecule has 0 aliphatic carbocycles.